The van der Waals surface area contributed by atoms with E-state index < -0.39 is 6.10 Å². The molecule has 0 spiro atoms. The van der Waals surface area contributed by atoms with Crippen LogP contribution < -0.4 is 4.74 Å². The van der Waals surface area contributed by atoms with Gasteiger partial charge in [-0.1, -0.05) is 15.9 Å². The Kier molecular flexibility index (Phi) is 4.69. The van der Waals surface area contributed by atoms with Crippen molar-refractivity contribution < 1.29 is 14.2 Å². The van der Waals surface area contributed by atoms with Crippen molar-refractivity contribution in [3.63, 3.8) is 0 Å². The second-order valence-electron chi connectivity index (χ2n) is 5.29. The first kappa shape index (κ1) is 16.0. The summed E-state index contributed by atoms with van der Waals surface area (Å²) >= 11 is 3.51. The molecular formula is C17H18BrFO2. The molecule has 0 heterocycles. The van der Waals surface area contributed by atoms with Crippen LogP contribution in [0, 0.1) is 26.6 Å². The molecule has 0 aliphatic carbocycles. The van der Waals surface area contributed by atoms with Crippen molar-refractivity contribution in [1.29, 1.82) is 0 Å². The minimum Gasteiger partial charge on any atom is -0.457 e. The van der Waals surface area contributed by atoms with Gasteiger partial charge >= 0.3 is 0 Å². The molecule has 0 bridgehead atoms. The number of benzene rings is 2. The van der Waals surface area contributed by atoms with E-state index in [1.165, 1.54) is 6.07 Å². The molecule has 0 radical (unpaired) electrons. The first-order valence-electron chi connectivity index (χ1n) is 6.72. The fraction of sp³-hybridized carbons (Fsp3) is 0.294. The molecule has 2 nitrogen and oxygen atoms in total. The Balaban J connectivity index is 2.46. The molecule has 1 atom stereocenters. The lowest BCUT2D eigenvalue weighted by Gasteiger charge is -2.16. The third-order valence-electron chi connectivity index (χ3n) is 3.38. The van der Waals surface area contributed by atoms with Gasteiger partial charge in [-0.25, -0.2) is 4.39 Å². The number of rotatable bonds is 3. The number of aliphatic hydroxyl groups is 1. The second-order valence-corrected chi connectivity index (χ2v) is 6.08. The summed E-state index contributed by atoms with van der Waals surface area (Å²) in [5.41, 5.74) is 3.04. The summed E-state index contributed by atoms with van der Waals surface area (Å²) < 4.78 is 20.6. The maximum absolute atomic E-state index is 13.7. The number of halogens is 2. The standard InChI is InChI=1S/C17H18BrFO2/c1-9-7-16(14(12(4)20)8-15(9)19)21-13-5-10(2)17(18)11(3)6-13/h5-8,12,20H,1-4H3. The van der Waals surface area contributed by atoms with E-state index >= 15 is 0 Å². The third-order valence-corrected chi connectivity index (χ3v) is 4.63. The molecule has 2 rings (SSSR count). The summed E-state index contributed by atoms with van der Waals surface area (Å²) in [6.45, 7) is 7.23. The van der Waals surface area contributed by atoms with E-state index in [2.05, 4.69) is 15.9 Å². The Hall–Kier alpha value is -1.39. The van der Waals surface area contributed by atoms with Crippen LogP contribution in [0.1, 0.15) is 35.3 Å². The molecule has 0 aliphatic rings. The van der Waals surface area contributed by atoms with Crippen molar-refractivity contribution in [2.45, 2.75) is 33.8 Å². The third kappa shape index (κ3) is 3.44. The van der Waals surface area contributed by atoms with Gasteiger partial charge in [0, 0.05) is 10.0 Å². The van der Waals surface area contributed by atoms with E-state index in [1.807, 2.05) is 26.0 Å². The van der Waals surface area contributed by atoms with Gasteiger partial charge in [-0.2, -0.15) is 0 Å². The maximum atomic E-state index is 13.7. The zero-order chi connectivity index (χ0) is 15.7. The van der Waals surface area contributed by atoms with E-state index in [4.69, 9.17) is 4.74 Å². The van der Waals surface area contributed by atoms with Gasteiger partial charge < -0.3 is 9.84 Å². The smallest absolute Gasteiger partial charge is 0.133 e. The molecule has 0 saturated carbocycles. The largest absolute Gasteiger partial charge is 0.457 e. The first-order chi connectivity index (χ1) is 9.79. The molecule has 2 aromatic carbocycles. The molecule has 1 N–H and O–H groups in total. The number of ether oxygens (including phenoxy) is 1. The van der Waals surface area contributed by atoms with Gasteiger partial charge in [-0.15, -0.1) is 0 Å². The van der Waals surface area contributed by atoms with E-state index in [0.29, 0.717) is 22.6 Å². The van der Waals surface area contributed by atoms with E-state index in [9.17, 15) is 9.50 Å². The maximum Gasteiger partial charge on any atom is 0.133 e. The highest BCUT2D eigenvalue weighted by atomic mass is 79.9. The van der Waals surface area contributed by atoms with Crippen molar-refractivity contribution in [3.8, 4) is 11.5 Å². The zero-order valence-electron chi connectivity index (χ0n) is 12.5. The van der Waals surface area contributed by atoms with Gasteiger partial charge in [0.15, 0.2) is 0 Å². The van der Waals surface area contributed by atoms with Gasteiger partial charge in [0.25, 0.3) is 0 Å². The van der Waals surface area contributed by atoms with Crippen molar-refractivity contribution in [3.05, 3.63) is 56.8 Å². The van der Waals surface area contributed by atoms with Crippen molar-refractivity contribution in [2.24, 2.45) is 0 Å². The average Bonchev–Trinajstić information content (AvgIpc) is 2.39. The molecule has 0 amide bonds. The topological polar surface area (TPSA) is 29.5 Å². The van der Waals surface area contributed by atoms with Crippen LogP contribution in [0.2, 0.25) is 0 Å². The Morgan fingerprint density at radius 2 is 1.62 bits per heavy atom. The minimum atomic E-state index is -0.798. The summed E-state index contributed by atoms with van der Waals surface area (Å²) in [5, 5.41) is 9.80. The summed E-state index contributed by atoms with van der Waals surface area (Å²) in [6, 6.07) is 6.75. The van der Waals surface area contributed by atoms with Crippen molar-refractivity contribution in [2.75, 3.05) is 0 Å². The average molecular weight is 353 g/mol. The normalized spacial score (nSPS) is 12.3. The van der Waals surface area contributed by atoms with Crippen LogP contribution in [0.4, 0.5) is 4.39 Å². The highest BCUT2D eigenvalue weighted by Gasteiger charge is 2.14. The van der Waals surface area contributed by atoms with Crippen LogP contribution in [0.3, 0.4) is 0 Å². The Morgan fingerprint density at radius 3 is 2.14 bits per heavy atom. The molecular weight excluding hydrogens is 335 g/mol. The van der Waals surface area contributed by atoms with Gasteiger partial charge in [0.2, 0.25) is 0 Å². The van der Waals surface area contributed by atoms with E-state index in [0.717, 1.165) is 15.6 Å². The number of aliphatic hydroxyl groups excluding tert-OH is 1. The van der Waals surface area contributed by atoms with Gasteiger partial charge in [0.1, 0.15) is 17.3 Å². The number of hydrogen-bond acceptors (Lipinski definition) is 2. The van der Waals surface area contributed by atoms with Gasteiger partial charge in [0.05, 0.1) is 6.10 Å². The fourth-order valence-electron chi connectivity index (χ4n) is 2.18. The highest BCUT2D eigenvalue weighted by molar-refractivity contribution is 9.10. The summed E-state index contributed by atoms with van der Waals surface area (Å²) in [5.74, 6) is 0.799. The molecule has 0 fully saturated rings. The quantitative estimate of drug-likeness (QED) is 0.805. The molecule has 1 unspecified atom stereocenters. The molecule has 0 aliphatic heterocycles. The minimum absolute atomic E-state index is 0.346. The van der Waals surface area contributed by atoms with Crippen LogP contribution in [0.15, 0.2) is 28.7 Å². The van der Waals surface area contributed by atoms with E-state index in [1.54, 1.807) is 19.9 Å². The Labute approximate surface area is 132 Å². The number of hydrogen-bond donors (Lipinski definition) is 1. The summed E-state index contributed by atoms with van der Waals surface area (Å²) in [6.07, 6.45) is -0.798. The van der Waals surface area contributed by atoms with Crippen LogP contribution in [0.5, 0.6) is 11.5 Å². The van der Waals surface area contributed by atoms with Crippen LogP contribution >= 0.6 is 15.9 Å². The first-order valence-corrected chi connectivity index (χ1v) is 7.51. The fourth-order valence-corrected chi connectivity index (χ4v) is 2.41. The molecule has 112 valence electrons. The molecule has 0 aromatic heterocycles. The summed E-state index contributed by atoms with van der Waals surface area (Å²) in [4.78, 5) is 0. The molecule has 2 aromatic rings. The second kappa shape index (κ2) is 6.16. The molecule has 0 saturated heterocycles. The monoisotopic (exact) mass is 352 g/mol. The van der Waals surface area contributed by atoms with Crippen molar-refractivity contribution >= 4 is 15.9 Å². The van der Waals surface area contributed by atoms with Crippen LogP contribution in [-0.2, 0) is 0 Å². The van der Waals surface area contributed by atoms with E-state index in [-0.39, 0.29) is 5.82 Å². The SMILES string of the molecule is Cc1cc(Oc2cc(C)c(Br)c(C)c2)c(C(C)O)cc1F. The molecule has 21 heavy (non-hydrogen) atoms. The predicted molar refractivity (Wildman–Crippen MR) is 85.5 cm³/mol. The van der Waals surface area contributed by atoms with Gasteiger partial charge in [-0.3, -0.25) is 0 Å². The lowest BCUT2D eigenvalue weighted by atomic mass is 10.1. The number of aryl methyl sites for hydroxylation is 3. The van der Waals surface area contributed by atoms with Crippen LogP contribution in [0.25, 0.3) is 0 Å². The van der Waals surface area contributed by atoms with Crippen molar-refractivity contribution in [1.82, 2.24) is 0 Å². The Bertz CT molecular complexity index is 658. The lowest BCUT2D eigenvalue weighted by Crippen LogP contribution is -1.99. The highest BCUT2D eigenvalue weighted by Crippen LogP contribution is 2.34. The lowest BCUT2D eigenvalue weighted by molar-refractivity contribution is 0.195. The van der Waals surface area contributed by atoms with Crippen LogP contribution in [-0.4, -0.2) is 5.11 Å². The zero-order valence-corrected chi connectivity index (χ0v) is 14.1. The summed E-state index contributed by atoms with van der Waals surface area (Å²) in [7, 11) is 0. The Morgan fingerprint density at radius 1 is 1.05 bits per heavy atom. The predicted octanol–water partition coefficient (Wildman–Crippen LogP) is 5.36. The van der Waals surface area contributed by atoms with Gasteiger partial charge in [-0.05, 0) is 68.7 Å². The molecule has 4 heteroatoms.